The van der Waals surface area contributed by atoms with Crippen molar-refractivity contribution in [3.8, 4) is 5.75 Å². The van der Waals surface area contributed by atoms with Gasteiger partial charge in [0.15, 0.2) is 0 Å². The topological polar surface area (TPSA) is 101 Å². The van der Waals surface area contributed by atoms with E-state index in [1.54, 1.807) is 0 Å². The first kappa shape index (κ1) is 10.1. The van der Waals surface area contributed by atoms with Crippen molar-refractivity contribution in [1.82, 2.24) is 4.90 Å². The van der Waals surface area contributed by atoms with E-state index >= 15 is 0 Å². The van der Waals surface area contributed by atoms with E-state index in [4.69, 9.17) is 0 Å². The molecule has 0 radical (unpaired) electrons. The predicted molar refractivity (Wildman–Crippen MR) is 51.2 cm³/mol. The zero-order chi connectivity index (χ0) is 12.0. The Balaban J connectivity index is 2.82. The van der Waals surface area contributed by atoms with Crippen LogP contribution in [0.1, 0.15) is 20.7 Å². The van der Waals surface area contributed by atoms with Gasteiger partial charge < -0.3 is 5.11 Å². The summed E-state index contributed by atoms with van der Waals surface area (Å²) >= 11 is 0. The monoisotopic (exact) mass is 222 g/mol. The van der Waals surface area contributed by atoms with Crippen molar-refractivity contribution in [3.63, 3.8) is 0 Å². The van der Waals surface area contributed by atoms with Crippen LogP contribution in [0.15, 0.2) is 12.1 Å². The molecule has 0 saturated heterocycles. The summed E-state index contributed by atoms with van der Waals surface area (Å²) in [7, 11) is 1.20. The van der Waals surface area contributed by atoms with E-state index in [-0.39, 0.29) is 11.1 Å². The number of imide groups is 1. The Morgan fingerprint density at radius 1 is 1.25 bits per heavy atom. The molecule has 82 valence electrons. The van der Waals surface area contributed by atoms with Crippen LogP contribution in [0.5, 0.6) is 5.75 Å². The van der Waals surface area contributed by atoms with Gasteiger partial charge in [-0.2, -0.15) is 0 Å². The molecular weight excluding hydrogens is 216 g/mol. The molecule has 0 unspecified atom stereocenters. The summed E-state index contributed by atoms with van der Waals surface area (Å²) in [5, 5.41) is 20.1. The van der Waals surface area contributed by atoms with E-state index in [0.29, 0.717) is 0 Å². The first-order valence-electron chi connectivity index (χ1n) is 4.28. The van der Waals surface area contributed by atoms with Crippen LogP contribution in [0.2, 0.25) is 0 Å². The first-order valence-corrected chi connectivity index (χ1v) is 4.28. The van der Waals surface area contributed by atoms with Gasteiger partial charge >= 0.3 is 0 Å². The quantitative estimate of drug-likeness (QED) is 0.424. The Morgan fingerprint density at radius 3 is 2.38 bits per heavy atom. The molecule has 0 aliphatic carbocycles. The molecule has 0 aromatic heterocycles. The molecule has 1 N–H and O–H groups in total. The van der Waals surface area contributed by atoms with Gasteiger partial charge in [-0.15, -0.1) is 0 Å². The molecule has 1 heterocycles. The molecule has 0 atom stereocenters. The highest BCUT2D eigenvalue weighted by Crippen LogP contribution is 2.35. The Labute approximate surface area is 89.1 Å². The van der Waals surface area contributed by atoms with E-state index in [9.17, 15) is 24.8 Å². The van der Waals surface area contributed by atoms with E-state index in [2.05, 4.69) is 0 Å². The second kappa shape index (κ2) is 3.02. The number of fused-ring (bicyclic) bond motifs is 1. The van der Waals surface area contributed by atoms with Crippen molar-refractivity contribution in [2.24, 2.45) is 0 Å². The molecule has 7 heteroatoms. The van der Waals surface area contributed by atoms with Crippen molar-refractivity contribution >= 4 is 17.5 Å². The Bertz CT molecular complexity index is 537. The molecule has 1 aliphatic rings. The SMILES string of the molecule is CN1C(=O)c2c(O)ccc([N+](=O)[O-])c2C1=O. The molecule has 1 aliphatic heterocycles. The second-order valence-corrected chi connectivity index (χ2v) is 3.28. The maximum Gasteiger partial charge on any atom is 0.283 e. The summed E-state index contributed by atoms with van der Waals surface area (Å²) in [5.41, 5.74) is -1.13. The number of hydrogen-bond donors (Lipinski definition) is 1. The van der Waals surface area contributed by atoms with E-state index < -0.39 is 28.2 Å². The lowest BCUT2D eigenvalue weighted by Crippen LogP contribution is -2.24. The van der Waals surface area contributed by atoms with Gasteiger partial charge in [-0.3, -0.25) is 24.6 Å². The lowest BCUT2D eigenvalue weighted by Gasteiger charge is -2.02. The lowest BCUT2D eigenvalue weighted by atomic mass is 10.1. The number of carbonyl (C=O) groups is 2. The summed E-state index contributed by atoms with van der Waals surface area (Å²) in [6, 6.07) is 2.03. The highest BCUT2D eigenvalue weighted by atomic mass is 16.6. The maximum absolute atomic E-state index is 11.6. The molecule has 0 fully saturated rings. The number of carbonyl (C=O) groups excluding carboxylic acids is 2. The fraction of sp³-hybridized carbons (Fsp3) is 0.111. The fourth-order valence-corrected chi connectivity index (χ4v) is 1.59. The molecule has 1 aromatic carbocycles. The number of aromatic hydroxyl groups is 1. The van der Waals surface area contributed by atoms with Crippen LogP contribution in [0.4, 0.5) is 5.69 Å². The summed E-state index contributed by atoms with van der Waals surface area (Å²) in [4.78, 5) is 33.7. The van der Waals surface area contributed by atoms with Gasteiger partial charge in [0.2, 0.25) is 0 Å². The van der Waals surface area contributed by atoms with Crippen LogP contribution in [0, 0.1) is 10.1 Å². The van der Waals surface area contributed by atoms with Gasteiger partial charge in [-0.25, -0.2) is 0 Å². The molecule has 0 bridgehead atoms. The third-order valence-electron chi connectivity index (χ3n) is 2.40. The average molecular weight is 222 g/mol. The van der Waals surface area contributed by atoms with Crippen molar-refractivity contribution in [1.29, 1.82) is 0 Å². The third-order valence-corrected chi connectivity index (χ3v) is 2.40. The Morgan fingerprint density at radius 2 is 1.81 bits per heavy atom. The van der Waals surface area contributed by atoms with Crippen LogP contribution in [0.25, 0.3) is 0 Å². The van der Waals surface area contributed by atoms with Crippen molar-refractivity contribution in [3.05, 3.63) is 33.4 Å². The van der Waals surface area contributed by atoms with Crippen LogP contribution < -0.4 is 0 Å². The van der Waals surface area contributed by atoms with Crippen LogP contribution >= 0.6 is 0 Å². The number of amides is 2. The lowest BCUT2D eigenvalue weighted by molar-refractivity contribution is -0.385. The van der Waals surface area contributed by atoms with E-state index in [0.717, 1.165) is 17.0 Å². The molecule has 16 heavy (non-hydrogen) atoms. The minimum Gasteiger partial charge on any atom is -0.507 e. The molecule has 1 aromatic rings. The highest BCUT2D eigenvalue weighted by molar-refractivity contribution is 6.24. The predicted octanol–water partition coefficient (Wildman–Crippen LogP) is 0.526. The van der Waals surface area contributed by atoms with Gasteiger partial charge in [-0.05, 0) is 6.07 Å². The van der Waals surface area contributed by atoms with Crippen molar-refractivity contribution in [2.45, 2.75) is 0 Å². The molecule has 2 rings (SSSR count). The summed E-state index contributed by atoms with van der Waals surface area (Å²) in [6.45, 7) is 0. The normalized spacial score (nSPS) is 14.2. The number of phenolic OH excluding ortho intramolecular Hbond substituents is 1. The molecule has 2 amide bonds. The number of nitro benzene ring substituents is 1. The van der Waals surface area contributed by atoms with Gasteiger partial charge in [-0.1, -0.05) is 0 Å². The van der Waals surface area contributed by atoms with Crippen LogP contribution in [0.3, 0.4) is 0 Å². The zero-order valence-corrected chi connectivity index (χ0v) is 8.13. The molecule has 0 spiro atoms. The van der Waals surface area contributed by atoms with Crippen molar-refractivity contribution < 1.29 is 19.6 Å². The minimum absolute atomic E-state index is 0.304. The summed E-state index contributed by atoms with van der Waals surface area (Å²) in [5.74, 6) is -1.94. The average Bonchev–Trinajstić information content (AvgIpc) is 2.45. The third kappa shape index (κ3) is 1.08. The van der Waals surface area contributed by atoms with E-state index in [1.807, 2.05) is 0 Å². The van der Waals surface area contributed by atoms with Gasteiger partial charge in [0.05, 0.1) is 4.92 Å². The van der Waals surface area contributed by atoms with Gasteiger partial charge in [0, 0.05) is 13.1 Å². The van der Waals surface area contributed by atoms with Crippen molar-refractivity contribution in [2.75, 3.05) is 7.05 Å². The number of phenols is 1. The number of nitrogens with zero attached hydrogens (tertiary/aromatic N) is 2. The maximum atomic E-state index is 11.6. The fourth-order valence-electron chi connectivity index (χ4n) is 1.59. The van der Waals surface area contributed by atoms with Crippen LogP contribution in [-0.2, 0) is 0 Å². The number of benzene rings is 1. The Kier molecular flexibility index (Phi) is 1.91. The number of nitro groups is 1. The molecule has 7 nitrogen and oxygen atoms in total. The summed E-state index contributed by atoms with van der Waals surface area (Å²) < 4.78 is 0. The number of rotatable bonds is 1. The van der Waals surface area contributed by atoms with E-state index in [1.165, 1.54) is 7.05 Å². The molecule has 0 saturated carbocycles. The van der Waals surface area contributed by atoms with Gasteiger partial charge in [0.25, 0.3) is 17.5 Å². The minimum atomic E-state index is -0.775. The Hall–Kier alpha value is -2.44. The van der Waals surface area contributed by atoms with Gasteiger partial charge in [0.1, 0.15) is 16.9 Å². The smallest absolute Gasteiger partial charge is 0.283 e. The largest absolute Gasteiger partial charge is 0.507 e. The molecular formula is C9H6N2O5. The first-order chi connectivity index (χ1) is 7.45. The number of hydrogen-bond acceptors (Lipinski definition) is 5. The van der Waals surface area contributed by atoms with Crippen LogP contribution in [-0.4, -0.2) is 33.8 Å². The second-order valence-electron chi connectivity index (χ2n) is 3.28. The standard InChI is InChI=1S/C9H6N2O5/c1-10-8(13)6-4(11(15)16)2-3-5(12)7(6)9(10)14/h2-3,12H,1H3. The highest BCUT2D eigenvalue weighted by Gasteiger charge is 2.41. The summed E-state index contributed by atoms with van der Waals surface area (Å²) in [6.07, 6.45) is 0. The zero-order valence-electron chi connectivity index (χ0n) is 8.13.